The normalized spacial score (nSPS) is 24.6. The van der Waals surface area contributed by atoms with E-state index in [0.29, 0.717) is 18.3 Å². The molecule has 1 amide bonds. The molecule has 0 unspecified atom stereocenters. The van der Waals surface area contributed by atoms with Crippen LogP contribution in [-0.2, 0) is 4.74 Å². The summed E-state index contributed by atoms with van der Waals surface area (Å²) in [5.74, 6) is 1.81. The molecular weight excluding hydrogens is 294 g/mol. The highest BCUT2D eigenvalue weighted by Crippen LogP contribution is 2.37. The van der Waals surface area contributed by atoms with Crippen LogP contribution >= 0.6 is 0 Å². The van der Waals surface area contributed by atoms with Crippen LogP contribution < -0.4 is 5.32 Å². The highest BCUT2D eigenvalue weighted by atomic mass is 16.5. The zero-order valence-corrected chi connectivity index (χ0v) is 13.1. The van der Waals surface area contributed by atoms with Gasteiger partial charge in [-0.3, -0.25) is 9.89 Å². The van der Waals surface area contributed by atoms with Crippen LogP contribution in [0.15, 0.2) is 12.3 Å². The van der Waals surface area contributed by atoms with Crippen LogP contribution in [0.25, 0.3) is 0 Å². The Morgan fingerprint density at radius 2 is 2.26 bits per heavy atom. The van der Waals surface area contributed by atoms with E-state index in [1.54, 1.807) is 0 Å². The highest BCUT2D eigenvalue weighted by Gasteiger charge is 2.35. The van der Waals surface area contributed by atoms with Crippen molar-refractivity contribution >= 4 is 5.91 Å². The lowest BCUT2D eigenvalue weighted by atomic mass is 9.81. The Bertz CT molecular complexity index is 703. The minimum atomic E-state index is -0.282. The van der Waals surface area contributed by atoms with E-state index < -0.39 is 0 Å². The number of nitrogens with one attached hydrogen (secondary N) is 3. The Labute approximate surface area is 134 Å². The van der Waals surface area contributed by atoms with Gasteiger partial charge < -0.3 is 15.0 Å². The molecule has 2 aliphatic rings. The maximum atomic E-state index is 12.7. The molecule has 23 heavy (non-hydrogen) atoms. The third-order valence-electron chi connectivity index (χ3n) is 4.81. The third kappa shape index (κ3) is 2.65. The molecule has 0 aromatic carbocycles. The first-order valence-corrected chi connectivity index (χ1v) is 8.21. The summed E-state index contributed by atoms with van der Waals surface area (Å²) in [6.07, 6.45) is 5.90. The highest BCUT2D eigenvalue weighted by molar-refractivity contribution is 5.95. The lowest BCUT2D eigenvalue weighted by Crippen LogP contribution is -2.37. The predicted octanol–water partition coefficient (Wildman–Crippen LogP) is 1.97. The third-order valence-corrected chi connectivity index (χ3v) is 4.81. The maximum Gasteiger partial charge on any atom is 0.253 e. The standard InChI is InChI=1S/C16H21N5O2/c1-9-18-15(21-20-9)14-12(6-8-23-14)19-16(22)11-5-7-17-13(11)10-3-2-4-10/h5,7,10,12,14,17H,2-4,6,8H2,1H3,(H,19,22)(H,18,20,21)/t12-,14+/m0/s1. The van der Waals surface area contributed by atoms with Crippen molar-refractivity contribution in [2.75, 3.05) is 6.61 Å². The molecule has 2 atom stereocenters. The van der Waals surface area contributed by atoms with Gasteiger partial charge in [-0.25, -0.2) is 4.98 Å². The second kappa shape index (κ2) is 5.81. The molecule has 0 bridgehead atoms. The molecule has 2 aromatic heterocycles. The monoisotopic (exact) mass is 315 g/mol. The number of carbonyl (C=O) groups is 1. The SMILES string of the molecule is Cc1nc([C@@H]2OCC[C@@H]2NC(=O)c2cc[nH]c2C2CCC2)n[nH]1. The number of amides is 1. The fourth-order valence-electron chi connectivity index (χ4n) is 3.34. The second-order valence-corrected chi connectivity index (χ2v) is 6.37. The molecule has 0 spiro atoms. The molecular formula is C16H21N5O2. The first-order valence-electron chi connectivity index (χ1n) is 8.21. The zero-order valence-electron chi connectivity index (χ0n) is 13.1. The zero-order chi connectivity index (χ0) is 15.8. The van der Waals surface area contributed by atoms with Gasteiger partial charge in [-0.1, -0.05) is 6.42 Å². The summed E-state index contributed by atoms with van der Waals surface area (Å²) in [6, 6.07) is 1.77. The number of H-pyrrole nitrogens is 2. The fourth-order valence-corrected chi connectivity index (χ4v) is 3.34. The van der Waals surface area contributed by atoms with Crippen LogP contribution in [0.4, 0.5) is 0 Å². The number of carbonyl (C=O) groups excluding carboxylic acids is 1. The lowest BCUT2D eigenvalue weighted by molar-refractivity contribution is 0.0790. The van der Waals surface area contributed by atoms with E-state index in [2.05, 4.69) is 25.5 Å². The van der Waals surface area contributed by atoms with Crippen LogP contribution in [0.3, 0.4) is 0 Å². The number of hydrogen-bond acceptors (Lipinski definition) is 4. The molecule has 3 heterocycles. The first kappa shape index (κ1) is 14.4. The quantitative estimate of drug-likeness (QED) is 0.803. The minimum absolute atomic E-state index is 0.0408. The molecule has 1 aliphatic carbocycles. The van der Waals surface area contributed by atoms with Crippen molar-refractivity contribution in [2.45, 2.75) is 50.7 Å². The Hall–Kier alpha value is -2.15. The van der Waals surface area contributed by atoms with Gasteiger partial charge in [0, 0.05) is 18.5 Å². The van der Waals surface area contributed by atoms with Crippen molar-refractivity contribution in [3.05, 3.63) is 35.2 Å². The fraction of sp³-hybridized carbons (Fsp3) is 0.562. The molecule has 0 radical (unpaired) electrons. The molecule has 7 nitrogen and oxygen atoms in total. The predicted molar refractivity (Wildman–Crippen MR) is 83.1 cm³/mol. The van der Waals surface area contributed by atoms with E-state index in [-0.39, 0.29) is 18.1 Å². The molecule has 122 valence electrons. The molecule has 1 saturated heterocycles. The smallest absolute Gasteiger partial charge is 0.253 e. The van der Waals surface area contributed by atoms with Gasteiger partial charge >= 0.3 is 0 Å². The summed E-state index contributed by atoms with van der Waals surface area (Å²) in [4.78, 5) is 20.2. The number of aromatic amines is 2. The molecule has 4 rings (SSSR count). The van der Waals surface area contributed by atoms with Crippen molar-refractivity contribution in [1.29, 1.82) is 0 Å². The Balaban J connectivity index is 1.48. The van der Waals surface area contributed by atoms with Gasteiger partial charge in [-0.15, -0.1) is 0 Å². The number of aromatic nitrogens is 4. The number of nitrogens with zero attached hydrogens (tertiary/aromatic N) is 2. The van der Waals surface area contributed by atoms with Crippen molar-refractivity contribution in [1.82, 2.24) is 25.5 Å². The summed E-state index contributed by atoms with van der Waals surface area (Å²) in [6.45, 7) is 2.45. The minimum Gasteiger partial charge on any atom is -0.368 e. The van der Waals surface area contributed by atoms with Crippen LogP contribution in [0, 0.1) is 6.92 Å². The van der Waals surface area contributed by atoms with Gasteiger partial charge in [-0.2, -0.15) is 5.10 Å². The molecule has 3 N–H and O–H groups in total. The average Bonchev–Trinajstić information content (AvgIpc) is 3.17. The number of rotatable bonds is 4. The second-order valence-electron chi connectivity index (χ2n) is 6.37. The van der Waals surface area contributed by atoms with Gasteiger partial charge in [0.25, 0.3) is 5.91 Å². The summed E-state index contributed by atoms with van der Waals surface area (Å²) in [5, 5.41) is 10.1. The Morgan fingerprint density at radius 3 is 2.96 bits per heavy atom. The van der Waals surface area contributed by atoms with Crippen LogP contribution in [-0.4, -0.2) is 38.7 Å². The summed E-state index contributed by atoms with van der Waals surface area (Å²) < 4.78 is 5.73. The molecule has 2 fully saturated rings. The Morgan fingerprint density at radius 1 is 1.39 bits per heavy atom. The number of aryl methyl sites for hydroxylation is 1. The van der Waals surface area contributed by atoms with E-state index >= 15 is 0 Å². The van der Waals surface area contributed by atoms with Crippen LogP contribution in [0.1, 0.15) is 65.4 Å². The molecule has 7 heteroatoms. The van der Waals surface area contributed by atoms with Crippen LogP contribution in [0.5, 0.6) is 0 Å². The van der Waals surface area contributed by atoms with Gasteiger partial charge in [0.05, 0.1) is 11.6 Å². The van der Waals surface area contributed by atoms with Crippen LogP contribution in [0.2, 0.25) is 0 Å². The topological polar surface area (TPSA) is 95.7 Å². The van der Waals surface area contributed by atoms with Gasteiger partial charge in [0.1, 0.15) is 11.9 Å². The lowest BCUT2D eigenvalue weighted by Gasteiger charge is -2.26. The van der Waals surface area contributed by atoms with Crippen molar-refractivity contribution < 1.29 is 9.53 Å². The van der Waals surface area contributed by atoms with Crippen molar-refractivity contribution in [3.63, 3.8) is 0 Å². The van der Waals surface area contributed by atoms with E-state index in [0.717, 1.165) is 36.3 Å². The number of hydrogen-bond donors (Lipinski definition) is 3. The summed E-state index contributed by atoms with van der Waals surface area (Å²) >= 11 is 0. The average molecular weight is 315 g/mol. The maximum absolute atomic E-state index is 12.7. The van der Waals surface area contributed by atoms with Gasteiger partial charge in [0.2, 0.25) is 0 Å². The summed E-state index contributed by atoms with van der Waals surface area (Å²) in [7, 11) is 0. The number of ether oxygens (including phenoxy) is 1. The molecule has 2 aromatic rings. The Kier molecular flexibility index (Phi) is 3.65. The molecule has 1 saturated carbocycles. The van der Waals surface area contributed by atoms with Crippen molar-refractivity contribution in [3.8, 4) is 0 Å². The van der Waals surface area contributed by atoms with E-state index in [1.165, 1.54) is 6.42 Å². The van der Waals surface area contributed by atoms with E-state index in [4.69, 9.17) is 4.74 Å². The first-order chi connectivity index (χ1) is 11.2. The van der Waals surface area contributed by atoms with Crippen molar-refractivity contribution in [2.24, 2.45) is 0 Å². The largest absolute Gasteiger partial charge is 0.368 e. The van der Waals surface area contributed by atoms with Gasteiger partial charge in [0.15, 0.2) is 5.82 Å². The van der Waals surface area contributed by atoms with Gasteiger partial charge in [-0.05, 0) is 38.2 Å². The van der Waals surface area contributed by atoms with E-state index in [1.807, 2.05) is 19.2 Å². The molecule has 1 aliphatic heterocycles. The van der Waals surface area contributed by atoms with E-state index in [9.17, 15) is 4.79 Å². The summed E-state index contributed by atoms with van der Waals surface area (Å²) in [5.41, 5.74) is 1.82.